The number of aromatic amines is 1. The van der Waals surface area contributed by atoms with E-state index in [1.807, 2.05) is 15.9 Å². The number of hydrogen-bond donors (Lipinski definition) is 2. The molecule has 2 aromatic heterocycles. The van der Waals surface area contributed by atoms with Gasteiger partial charge in [-0.05, 0) is 38.0 Å². The van der Waals surface area contributed by atoms with Crippen LogP contribution in [0, 0.1) is 16.7 Å². The van der Waals surface area contributed by atoms with Crippen LogP contribution in [0.5, 0.6) is 0 Å². The smallest absolute Gasteiger partial charge is 0.325 e. The van der Waals surface area contributed by atoms with Crippen LogP contribution in [0.15, 0.2) is 24.4 Å². The summed E-state index contributed by atoms with van der Waals surface area (Å²) in [4.78, 5) is 27.8. The Morgan fingerprint density at radius 2 is 2.11 bits per heavy atom. The number of nitrogens with zero attached hydrogens (tertiary/aromatic N) is 7. The molecule has 3 aliphatic rings. The van der Waals surface area contributed by atoms with Crippen LogP contribution in [-0.2, 0) is 14.3 Å². The van der Waals surface area contributed by atoms with Crippen molar-refractivity contribution in [3.05, 3.63) is 30.0 Å². The number of H-pyrrole nitrogens is 1. The molecule has 38 heavy (non-hydrogen) atoms. The Hall–Kier alpha value is -3.95. The van der Waals surface area contributed by atoms with Gasteiger partial charge in [0.1, 0.15) is 12.4 Å². The Morgan fingerprint density at radius 1 is 1.29 bits per heavy atom. The average Bonchev–Trinajstić information content (AvgIpc) is 3.49. The Kier molecular flexibility index (Phi) is 6.04. The van der Waals surface area contributed by atoms with Crippen molar-refractivity contribution < 1.29 is 14.3 Å². The van der Waals surface area contributed by atoms with Crippen molar-refractivity contribution in [3.8, 4) is 6.07 Å². The van der Waals surface area contributed by atoms with Crippen molar-refractivity contribution >= 4 is 40.1 Å². The van der Waals surface area contributed by atoms with E-state index in [2.05, 4.69) is 28.1 Å². The van der Waals surface area contributed by atoms with Gasteiger partial charge in [-0.15, -0.1) is 0 Å². The van der Waals surface area contributed by atoms with Gasteiger partial charge in [-0.2, -0.15) is 10.4 Å². The number of nitriles is 1. The van der Waals surface area contributed by atoms with E-state index in [4.69, 9.17) is 25.2 Å². The van der Waals surface area contributed by atoms with Crippen LogP contribution in [-0.4, -0.2) is 84.7 Å². The molecule has 5 heterocycles. The fourth-order valence-corrected chi connectivity index (χ4v) is 5.92. The largest absolute Gasteiger partial charge is 0.468 e. The van der Waals surface area contributed by atoms with Crippen LogP contribution in [0.1, 0.15) is 25.3 Å². The van der Waals surface area contributed by atoms with Gasteiger partial charge >= 0.3 is 5.97 Å². The van der Waals surface area contributed by atoms with Gasteiger partial charge < -0.3 is 29.9 Å². The average molecular weight is 518 g/mol. The second-order valence-corrected chi connectivity index (χ2v) is 10.3. The van der Waals surface area contributed by atoms with Crippen LogP contribution in [0.4, 0.5) is 23.0 Å². The zero-order valence-electron chi connectivity index (χ0n) is 21.6. The molecule has 0 unspecified atom stereocenters. The first-order chi connectivity index (χ1) is 18.4. The van der Waals surface area contributed by atoms with Crippen molar-refractivity contribution in [1.29, 1.82) is 5.26 Å². The third-order valence-electron chi connectivity index (χ3n) is 8.30. The molecule has 0 radical (unpaired) electrons. The molecule has 1 spiro atoms. The number of ether oxygens (including phenoxy) is 2. The highest BCUT2D eigenvalue weighted by molar-refractivity contribution is 5.91. The van der Waals surface area contributed by atoms with Gasteiger partial charge in [0.05, 0.1) is 49.0 Å². The fourth-order valence-electron chi connectivity index (χ4n) is 5.92. The number of hydrogen-bond acceptors (Lipinski definition) is 11. The van der Waals surface area contributed by atoms with Gasteiger partial charge in [-0.25, -0.2) is 9.97 Å². The highest BCUT2D eigenvalue weighted by Gasteiger charge is 2.47. The van der Waals surface area contributed by atoms with Crippen LogP contribution >= 0.6 is 0 Å². The number of piperidine rings is 1. The highest BCUT2D eigenvalue weighted by atomic mass is 16.5. The summed E-state index contributed by atoms with van der Waals surface area (Å²) in [5, 5.41) is 17.1. The molecule has 2 saturated heterocycles. The minimum Gasteiger partial charge on any atom is -0.468 e. The molecule has 3 N–H and O–H groups in total. The number of nitrogens with two attached hydrogens (primary N) is 1. The van der Waals surface area contributed by atoms with Crippen molar-refractivity contribution in [3.63, 3.8) is 0 Å². The van der Waals surface area contributed by atoms with Crippen LogP contribution < -0.4 is 20.4 Å². The Bertz CT molecular complexity index is 1410. The number of benzene rings is 1. The molecule has 0 aliphatic carbocycles. The summed E-state index contributed by atoms with van der Waals surface area (Å²) in [7, 11) is 1.37. The van der Waals surface area contributed by atoms with Crippen molar-refractivity contribution in [1.82, 2.24) is 20.2 Å². The summed E-state index contributed by atoms with van der Waals surface area (Å²) in [6.45, 7) is 5.71. The minimum atomic E-state index is -0.337. The van der Waals surface area contributed by atoms with Gasteiger partial charge in [0.2, 0.25) is 0 Å². The zero-order valence-corrected chi connectivity index (χ0v) is 21.6. The summed E-state index contributed by atoms with van der Waals surface area (Å²) in [6.07, 6.45) is 3.83. The maximum absolute atomic E-state index is 12.0. The maximum atomic E-state index is 12.0. The quantitative estimate of drug-likeness (QED) is 0.487. The van der Waals surface area contributed by atoms with E-state index in [1.54, 1.807) is 18.3 Å². The molecular formula is C26H31N9O3. The van der Waals surface area contributed by atoms with Crippen LogP contribution in [0.3, 0.4) is 0 Å². The molecule has 12 nitrogen and oxygen atoms in total. The van der Waals surface area contributed by atoms with E-state index in [-0.39, 0.29) is 30.1 Å². The lowest BCUT2D eigenvalue weighted by Crippen LogP contribution is -2.50. The normalized spacial score (nSPS) is 22.5. The lowest BCUT2D eigenvalue weighted by atomic mass is 9.73. The number of rotatable bonds is 4. The summed E-state index contributed by atoms with van der Waals surface area (Å²) >= 11 is 0. The molecule has 0 amide bonds. The van der Waals surface area contributed by atoms with Gasteiger partial charge in [0.15, 0.2) is 17.0 Å². The molecule has 2 fully saturated rings. The third kappa shape index (κ3) is 3.99. The summed E-state index contributed by atoms with van der Waals surface area (Å²) in [6, 6.07) is 7.66. The zero-order chi connectivity index (χ0) is 26.4. The number of carbonyl (C=O) groups excluding carboxylic acids is 1. The predicted molar refractivity (Wildman–Crippen MR) is 141 cm³/mol. The number of aromatic nitrogens is 4. The summed E-state index contributed by atoms with van der Waals surface area (Å²) in [5.74, 6) is 1.13. The van der Waals surface area contributed by atoms with Gasteiger partial charge in [0.25, 0.3) is 0 Å². The predicted octanol–water partition coefficient (Wildman–Crippen LogP) is 1.69. The number of anilines is 4. The first kappa shape index (κ1) is 24.4. The maximum Gasteiger partial charge on any atom is 0.325 e. The van der Waals surface area contributed by atoms with Gasteiger partial charge in [-0.3, -0.25) is 9.89 Å². The van der Waals surface area contributed by atoms with Gasteiger partial charge in [0, 0.05) is 37.6 Å². The molecule has 198 valence electrons. The molecule has 3 aromatic rings. The topological polar surface area (TPSA) is 150 Å². The van der Waals surface area contributed by atoms with Crippen LogP contribution in [0.25, 0.3) is 11.2 Å². The minimum absolute atomic E-state index is 0.0451. The second-order valence-electron chi connectivity index (χ2n) is 10.3. The first-order valence-corrected chi connectivity index (χ1v) is 12.9. The summed E-state index contributed by atoms with van der Waals surface area (Å²) in [5.41, 5.74) is 9.92. The lowest BCUT2D eigenvalue weighted by Gasteiger charge is -2.41. The fraction of sp³-hybridized carbons (Fsp3) is 0.500. The number of carbonyl (C=O) groups is 1. The molecule has 1 aromatic carbocycles. The molecule has 6 rings (SSSR count). The molecule has 0 saturated carbocycles. The van der Waals surface area contributed by atoms with Crippen molar-refractivity contribution in [2.75, 3.05) is 61.1 Å². The van der Waals surface area contributed by atoms with E-state index in [9.17, 15) is 10.1 Å². The van der Waals surface area contributed by atoms with Crippen molar-refractivity contribution in [2.45, 2.75) is 31.9 Å². The van der Waals surface area contributed by atoms with E-state index in [0.717, 1.165) is 49.7 Å². The molecular weight excluding hydrogens is 486 g/mol. The number of nitrogens with one attached hydrogen (secondary N) is 1. The Balaban J connectivity index is 1.26. The van der Waals surface area contributed by atoms with E-state index < -0.39 is 0 Å². The van der Waals surface area contributed by atoms with Crippen LogP contribution in [0.2, 0.25) is 0 Å². The first-order valence-electron chi connectivity index (χ1n) is 12.9. The molecule has 3 aliphatic heterocycles. The Labute approximate surface area is 220 Å². The molecule has 0 bridgehead atoms. The monoisotopic (exact) mass is 517 g/mol. The van der Waals surface area contributed by atoms with E-state index >= 15 is 0 Å². The van der Waals surface area contributed by atoms with Gasteiger partial charge in [-0.1, -0.05) is 0 Å². The highest BCUT2D eigenvalue weighted by Crippen LogP contribution is 2.42. The number of methoxy groups -OCH3 is 1. The number of esters is 1. The Morgan fingerprint density at radius 3 is 2.82 bits per heavy atom. The summed E-state index contributed by atoms with van der Waals surface area (Å²) < 4.78 is 10.7. The van der Waals surface area contributed by atoms with E-state index in [0.29, 0.717) is 35.6 Å². The number of fused-ring (bicyclic) bond motifs is 2. The lowest BCUT2D eigenvalue weighted by molar-refractivity contribution is -0.138. The molecule has 2 atom stereocenters. The third-order valence-corrected chi connectivity index (χ3v) is 8.30. The van der Waals surface area contributed by atoms with Crippen molar-refractivity contribution in [2.24, 2.45) is 11.1 Å². The molecule has 12 heteroatoms. The standard InChI is InChI=1S/C26H31N9O3/c1-16-23(28)26(15-38-16)5-7-33(8-6-26)20-13-29-22-24(30-20)31-32-25(22)35-10-9-34(14-21(36)37-2)19-11-17(12-27)3-4-18(19)35/h3-4,11,13,16,23H,5-10,14-15,28H2,1-2H3,(H,30,31,32)/t16-,23+/m0/s1. The second kappa shape index (κ2) is 9.41. The SMILES string of the molecule is COC(=O)CN1CCN(c2n[nH]c3nc(N4CCC5(CC4)CO[C@@H](C)[C@H]5N)cnc23)c2ccc(C#N)cc21. The van der Waals surface area contributed by atoms with E-state index in [1.165, 1.54) is 7.11 Å².